The summed E-state index contributed by atoms with van der Waals surface area (Å²) in [5.74, 6) is 0. The van der Waals surface area contributed by atoms with E-state index in [0.717, 1.165) is 6.20 Å². The van der Waals surface area contributed by atoms with Crippen molar-refractivity contribution in [2.45, 2.75) is 12.5 Å². The fourth-order valence-corrected chi connectivity index (χ4v) is 1.61. The van der Waals surface area contributed by atoms with Crippen LogP contribution in [0.3, 0.4) is 0 Å². The number of nitro groups is 1. The van der Waals surface area contributed by atoms with E-state index in [0.29, 0.717) is 24.0 Å². The quantitative estimate of drug-likeness (QED) is 0.583. The van der Waals surface area contributed by atoms with Gasteiger partial charge in [-0.1, -0.05) is 5.16 Å². The smallest absolute Gasteiger partial charge is 0.333 e. The van der Waals surface area contributed by atoms with E-state index >= 15 is 0 Å². The third-order valence-corrected chi connectivity index (χ3v) is 2.43. The molecule has 0 aromatic carbocycles. The van der Waals surface area contributed by atoms with Gasteiger partial charge in [-0.3, -0.25) is 15.1 Å². The van der Waals surface area contributed by atoms with Gasteiger partial charge in [0.1, 0.15) is 6.20 Å². The Morgan fingerprint density at radius 1 is 1.53 bits per heavy atom. The van der Waals surface area contributed by atoms with Gasteiger partial charge < -0.3 is 16.0 Å². The van der Waals surface area contributed by atoms with E-state index in [-0.39, 0.29) is 17.3 Å². The number of aromatic nitrogens is 2. The van der Waals surface area contributed by atoms with Crippen LogP contribution in [0.1, 0.15) is 18.2 Å². The Balaban J connectivity index is 2.57. The van der Waals surface area contributed by atoms with E-state index in [9.17, 15) is 10.1 Å². The number of rotatable bonds is 4. The van der Waals surface area contributed by atoms with Gasteiger partial charge in [0.05, 0.1) is 22.2 Å². The summed E-state index contributed by atoms with van der Waals surface area (Å²) in [5.41, 5.74) is 11.7. The van der Waals surface area contributed by atoms with Crippen LogP contribution in [-0.4, -0.2) is 21.6 Å². The summed E-state index contributed by atoms with van der Waals surface area (Å²) >= 11 is 0. The molecule has 0 aliphatic carbocycles. The Labute approximate surface area is 95.7 Å². The van der Waals surface area contributed by atoms with Crippen molar-refractivity contribution in [3.05, 3.63) is 28.2 Å². The van der Waals surface area contributed by atoms with Gasteiger partial charge in [-0.2, -0.15) is 0 Å². The fourth-order valence-electron chi connectivity index (χ4n) is 1.61. The predicted molar refractivity (Wildman–Crippen MR) is 59.1 cm³/mol. The first-order chi connectivity index (χ1) is 8.15. The summed E-state index contributed by atoms with van der Waals surface area (Å²) in [5, 5.41) is 14.7. The van der Waals surface area contributed by atoms with Gasteiger partial charge in [-0.25, -0.2) is 0 Å². The van der Waals surface area contributed by atoms with Crippen LogP contribution in [-0.2, 0) is 0 Å². The van der Waals surface area contributed by atoms with Crippen LogP contribution >= 0.6 is 0 Å². The molecule has 0 saturated carbocycles. The monoisotopic (exact) mass is 237 g/mol. The van der Waals surface area contributed by atoms with Crippen molar-refractivity contribution < 1.29 is 9.45 Å². The molecule has 1 unspecified atom stereocenters. The summed E-state index contributed by atoms with van der Waals surface area (Å²) < 4.78 is 4.86. The maximum atomic E-state index is 10.7. The number of nitrogens with zero attached hydrogens (tertiary/aromatic N) is 3. The van der Waals surface area contributed by atoms with Gasteiger partial charge in [0.2, 0.25) is 5.58 Å². The molecule has 0 fully saturated rings. The molecule has 0 radical (unpaired) electrons. The molecule has 1 atom stereocenters. The van der Waals surface area contributed by atoms with Crippen molar-refractivity contribution in [3.63, 3.8) is 0 Å². The Kier molecular flexibility index (Phi) is 2.98. The largest absolute Gasteiger partial charge is 0.349 e. The summed E-state index contributed by atoms with van der Waals surface area (Å²) in [6, 6.07) is -0.386. The Morgan fingerprint density at radius 3 is 2.94 bits per heavy atom. The summed E-state index contributed by atoms with van der Waals surface area (Å²) in [7, 11) is 0. The summed E-state index contributed by atoms with van der Waals surface area (Å²) in [6.07, 6.45) is 3.03. The standard InChI is InChI=1S/C9H11N5O3/c10-2-1-6(11)8-5-3-13-17-9(5)7(4-12-8)14(15)16/h3-4,6H,1-2,10-11H2. The molecular weight excluding hydrogens is 226 g/mol. The van der Waals surface area contributed by atoms with Crippen molar-refractivity contribution in [2.75, 3.05) is 6.54 Å². The maximum absolute atomic E-state index is 10.7. The van der Waals surface area contributed by atoms with Gasteiger partial charge in [-0.05, 0) is 13.0 Å². The lowest BCUT2D eigenvalue weighted by Crippen LogP contribution is -2.16. The van der Waals surface area contributed by atoms with Crippen LogP contribution in [0, 0.1) is 10.1 Å². The first kappa shape index (κ1) is 11.4. The molecule has 2 heterocycles. The molecule has 17 heavy (non-hydrogen) atoms. The highest BCUT2D eigenvalue weighted by atomic mass is 16.6. The van der Waals surface area contributed by atoms with Crippen LogP contribution < -0.4 is 11.5 Å². The minimum absolute atomic E-state index is 0.0903. The first-order valence-corrected chi connectivity index (χ1v) is 4.98. The van der Waals surface area contributed by atoms with Crippen LogP contribution in [0.2, 0.25) is 0 Å². The number of hydrogen-bond acceptors (Lipinski definition) is 7. The average Bonchev–Trinajstić information content (AvgIpc) is 2.76. The van der Waals surface area contributed by atoms with Crippen molar-refractivity contribution in [2.24, 2.45) is 11.5 Å². The van der Waals surface area contributed by atoms with Crippen molar-refractivity contribution in [3.8, 4) is 0 Å². The second-order valence-corrected chi connectivity index (χ2v) is 3.54. The van der Waals surface area contributed by atoms with Gasteiger partial charge in [0.25, 0.3) is 0 Å². The van der Waals surface area contributed by atoms with Gasteiger partial charge in [-0.15, -0.1) is 0 Å². The predicted octanol–water partition coefficient (Wildman–Crippen LogP) is 0.480. The third kappa shape index (κ3) is 1.95. The lowest BCUT2D eigenvalue weighted by Gasteiger charge is -2.09. The van der Waals surface area contributed by atoms with Crippen LogP contribution in [0.4, 0.5) is 5.69 Å². The molecular formula is C9H11N5O3. The summed E-state index contributed by atoms with van der Waals surface area (Å²) in [6.45, 7) is 0.409. The molecule has 2 aromatic heterocycles. The second-order valence-electron chi connectivity index (χ2n) is 3.54. The number of hydrogen-bond donors (Lipinski definition) is 2. The zero-order valence-corrected chi connectivity index (χ0v) is 8.87. The lowest BCUT2D eigenvalue weighted by atomic mass is 10.1. The van der Waals surface area contributed by atoms with Crippen molar-refractivity contribution in [1.82, 2.24) is 10.1 Å². The molecule has 0 bridgehead atoms. The van der Waals surface area contributed by atoms with Gasteiger partial charge >= 0.3 is 5.69 Å². The third-order valence-electron chi connectivity index (χ3n) is 2.43. The van der Waals surface area contributed by atoms with E-state index in [1.807, 2.05) is 0 Å². The maximum Gasteiger partial charge on any atom is 0.333 e. The highest BCUT2D eigenvalue weighted by molar-refractivity contribution is 5.86. The molecule has 2 rings (SSSR count). The lowest BCUT2D eigenvalue weighted by molar-refractivity contribution is -0.384. The number of fused-ring (bicyclic) bond motifs is 1. The minimum Gasteiger partial charge on any atom is -0.349 e. The molecule has 0 spiro atoms. The van der Waals surface area contributed by atoms with Crippen LogP contribution in [0.15, 0.2) is 16.9 Å². The highest BCUT2D eigenvalue weighted by Crippen LogP contribution is 2.29. The average molecular weight is 237 g/mol. The van der Waals surface area contributed by atoms with Crippen LogP contribution in [0.25, 0.3) is 11.0 Å². The number of pyridine rings is 1. The highest BCUT2D eigenvalue weighted by Gasteiger charge is 2.22. The first-order valence-electron chi connectivity index (χ1n) is 4.98. The van der Waals surface area contributed by atoms with Crippen molar-refractivity contribution in [1.29, 1.82) is 0 Å². The molecule has 0 aliphatic rings. The number of nitrogens with two attached hydrogens (primary N) is 2. The molecule has 8 nitrogen and oxygen atoms in total. The normalized spacial score (nSPS) is 12.8. The second kappa shape index (κ2) is 4.44. The molecule has 4 N–H and O–H groups in total. The van der Waals surface area contributed by atoms with E-state index in [1.54, 1.807) is 0 Å². The Morgan fingerprint density at radius 2 is 2.29 bits per heavy atom. The molecule has 0 aliphatic heterocycles. The molecule has 2 aromatic rings. The van der Waals surface area contributed by atoms with Crippen molar-refractivity contribution >= 4 is 16.7 Å². The van der Waals surface area contributed by atoms with Crippen LogP contribution in [0.5, 0.6) is 0 Å². The fraction of sp³-hybridized carbons (Fsp3) is 0.333. The zero-order chi connectivity index (χ0) is 12.4. The zero-order valence-electron chi connectivity index (χ0n) is 8.87. The molecule has 8 heteroatoms. The van der Waals surface area contributed by atoms with E-state index in [2.05, 4.69) is 10.1 Å². The summed E-state index contributed by atoms with van der Waals surface area (Å²) in [4.78, 5) is 14.2. The van der Waals surface area contributed by atoms with E-state index in [1.165, 1.54) is 6.20 Å². The SMILES string of the molecule is NCCC(N)c1ncc([N+](=O)[O-])c2oncc12. The molecule has 0 saturated heterocycles. The Bertz CT molecular complexity index is 553. The minimum atomic E-state index is -0.571. The topological polar surface area (TPSA) is 134 Å². The van der Waals surface area contributed by atoms with E-state index in [4.69, 9.17) is 16.0 Å². The van der Waals surface area contributed by atoms with E-state index < -0.39 is 4.92 Å². The molecule has 90 valence electrons. The van der Waals surface area contributed by atoms with Gasteiger partial charge in [0.15, 0.2) is 0 Å². The van der Waals surface area contributed by atoms with Gasteiger partial charge in [0, 0.05) is 6.04 Å². The molecule has 0 amide bonds. The Hall–Kier alpha value is -2.06.